The summed E-state index contributed by atoms with van der Waals surface area (Å²) in [6.07, 6.45) is -5.52. The highest BCUT2D eigenvalue weighted by molar-refractivity contribution is 4.88. The molecule has 1 atom stereocenters. The molecule has 1 heterocycles. The van der Waals surface area contributed by atoms with Crippen molar-refractivity contribution in [3.63, 3.8) is 0 Å². The quantitative estimate of drug-likeness (QED) is 0.761. The smallest absolute Gasteiger partial charge is 0.382 e. The van der Waals surface area contributed by atoms with Crippen LogP contribution in [0.1, 0.15) is 17.8 Å². The molecule has 0 aliphatic carbocycles. The van der Waals surface area contributed by atoms with Gasteiger partial charge in [-0.15, -0.1) is 0 Å². The summed E-state index contributed by atoms with van der Waals surface area (Å²) in [5, 5.41) is 12.5. The summed E-state index contributed by atoms with van der Waals surface area (Å²) in [7, 11) is 0. The molecule has 6 nitrogen and oxygen atoms in total. The first-order valence-electron chi connectivity index (χ1n) is 4.27. The summed E-state index contributed by atoms with van der Waals surface area (Å²) in [6.45, 7) is -1.96. The number of aliphatic hydroxyl groups excluding tert-OH is 1. The summed E-state index contributed by atoms with van der Waals surface area (Å²) < 4.78 is 43.9. The van der Waals surface area contributed by atoms with E-state index in [1.54, 1.807) is 0 Å². The molecule has 16 heavy (non-hydrogen) atoms. The van der Waals surface area contributed by atoms with Crippen LogP contribution < -0.4 is 5.73 Å². The predicted molar refractivity (Wildman–Crippen MR) is 44.0 cm³/mol. The van der Waals surface area contributed by atoms with Gasteiger partial charge < -0.3 is 20.1 Å². The van der Waals surface area contributed by atoms with Gasteiger partial charge in [-0.2, -0.15) is 18.2 Å². The van der Waals surface area contributed by atoms with Crippen molar-refractivity contribution in [3.05, 3.63) is 11.7 Å². The average Bonchev–Trinajstić information content (AvgIpc) is 2.63. The maximum Gasteiger partial charge on any atom is 0.411 e. The van der Waals surface area contributed by atoms with Gasteiger partial charge in [-0.1, -0.05) is 5.16 Å². The Balaban J connectivity index is 2.41. The Morgan fingerprint density at radius 1 is 1.50 bits per heavy atom. The topological polar surface area (TPSA) is 94.4 Å². The molecule has 92 valence electrons. The summed E-state index contributed by atoms with van der Waals surface area (Å²) in [5.74, 6) is -0.222. The number of rotatable bonds is 5. The number of aliphatic hydroxyl groups is 1. The standard InChI is InChI=1S/C7H10F3N3O3/c8-7(9,10)3-15-2-5-12-6(16-13-5)4(14)1-11/h4,14H,1-3,11H2. The predicted octanol–water partition coefficient (Wildman–Crippen LogP) is 0.141. The van der Waals surface area contributed by atoms with E-state index in [0.29, 0.717) is 0 Å². The van der Waals surface area contributed by atoms with E-state index in [0.717, 1.165) is 0 Å². The molecule has 0 amide bonds. The molecule has 0 aromatic carbocycles. The van der Waals surface area contributed by atoms with Crippen LogP contribution in [0.2, 0.25) is 0 Å². The normalized spacial score (nSPS) is 14.1. The molecule has 1 aromatic heterocycles. The van der Waals surface area contributed by atoms with E-state index in [1.165, 1.54) is 0 Å². The second-order valence-corrected chi connectivity index (χ2v) is 2.91. The number of nitrogens with zero attached hydrogens (tertiary/aromatic N) is 2. The summed E-state index contributed by atoms with van der Waals surface area (Å²) in [4.78, 5) is 3.60. The fourth-order valence-electron chi connectivity index (χ4n) is 0.820. The third kappa shape index (κ3) is 4.13. The first-order chi connectivity index (χ1) is 7.42. The molecule has 9 heteroatoms. The van der Waals surface area contributed by atoms with Gasteiger partial charge >= 0.3 is 6.18 Å². The van der Waals surface area contributed by atoms with E-state index in [4.69, 9.17) is 10.8 Å². The number of hydrogen-bond donors (Lipinski definition) is 2. The molecule has 0 fully saturated rings. The van der Waals surface area contributed by atoms with Crippen molar-refractivity contribution in [3.8, 4) is 0 Å². The van der Waals surface area contributed by atoms with Crippen LogP contribution in [0.3, 0.4) is 0 Å². The lowest BCUT2D eigenvalue weighted by atomic mass is 10.4. The second kappa shape index (κ2) is 5.23. The summed E-state index contributed by atoms with van der Waals surface area (Å²) in [5.41, 5.74) is 5.11. The minimum atomic E-state index is -4.40. The molecule has 0 aliphatic rings. The average molecular weight is 241 g/mol. The van der Waals surface area contributed by atoms with E-state index in [1.807, 2.05) is 0 Å². The van der Waals surface area contributed by atoms with Gasteiger partial charge in [0, 0.05) is 6.54 Å². The fourth-order valence-corrected chi connectivity index (χ4v) is 0.820. The van der Waals surface area contributed by atoms with Crippen LogP contribution in [0.25, 0.3) is 0 Å². The maximum atomic E-state index is 11.7. The molecule has 1 unspecified atom stereocenters. The first kappa shape index (κ1) is 12.9. The van der Waals surface area contributed by atoms with Crippen LogP contribution in [0.4, 0.5) is 13.2 Å². The van der Waals surface area contributed by atoms with Crippen molar-refractivity contribution in [2.45, 2.75) is 18.9 Å². The van der Waals surface area contributed by atoms with E-state index in [9.17, 15) is 13.2 Å². The zero-order valence-electron chi connectivity index (χ0n) is 8.07. The summed E-state index contributed by atoms with van der Waals surface area (Å²) in [6, 6.07) is 0. The van der Waals surface area contributed by atoms with Gasteiger partial charge in [-0.25, -0.2) is 0 Å². The highest BCUT2D eigenvalue weighted by Crippen LogP contribution is 2.15. The Labute approximate surface area is 88.2 Å². The largest absolute Gasteiger partial charge is 0.411 e. The van der Waals surface area contributed by atoms with Crippen molar-refractivity contribution in [2.75, 3.05) is 13.2 Å². The van der Waals surface area contributed by atoms with E-state index < -0.39 is 25.5 Å². The number of halogens is 3. The Morgan fingerprint density at radius 3 is 2.75 bits per heavy atom. The number of aromatic nitrogens is 2. The SMILES string of the molecule is NCC(O)c1nc(COCC(F)(F)F)no1. The monoisotopic (exact) mass is 241 g/mol. The Morgan fingerprint density at radius 2 is 2.19 bits per heavy atom. The Kier molecular flexibility index (Phi) is 4.21. The van der Waals surface area contributed by atoms with Gasteiger partial charge in [-0.3, -0.25) is 0 Å². The van der Waals surface area contributed by atoms with E-state index in [-0.39, 0.29) is 18.3 Å². The molecule has 0 saturated carbocycles. The van der Waals surface area contributed by atoms with Crippen LogP contribution in [0, 0.1) is 0 Å². The lowest BCUT2D eigenvalue weighted by molar-refractivity contribution is -0.177. The number of hydrogen-bond acceptors (Lipinski definition) is 6. The van der Waals surface area contributed by atoms with Crippen molar-refractivity contribution in [1.82, 2.24) is 10.1 Å². The van der Waals surface area contributed by atoms with Crippen molar-refractivity contribution in [1.29, 1.82) is 0 Å². The second-order valence-electron chi connectivity index (χ2n) is 2.91. The van der Waals surface area contributed by atoms with Gasteiger partial charge in [0.05, 0.1) is 0 Å². The molecule has 0 radical (unpaired) electrons. The van der Waals surface area contributed by atoms with Gasteiger partial charge in [0.1, 0.15) is 19.3 Å². The zero-order valence-corrected chi connectivity index (χ0v) is 8.07. The Bertz CT molecular complexity index is 328. The maximum absolute atomic E-state index is 11.7. The van der Waals surface area contributed by atoms with Crippen LogP contribution in [-0.4, -0.2) is 34.6 Å². The molecule has 3 N–H and O–H groups in total. The zero-order chi connectivity index (χ0) is 12.2. The van der Waals surface area contributed by atoms with Crippen LogP contribution in [0.5, 0.6) is 0 Å². The molecule has 0 spiro atoms. The van der Waals surface area contributed by atoms with Crippen LogP contribution >= 0.6 is 0 Å². The third-order valence-electron chi connectivity index (χ3n) is 1.49. The minimum Gasteiger partial charge on any atom is -0.382 e. The fraction of sp³-hybridized carbons (Fsp3) is 0.714. The lowest BCUT2D eigenvalue weighted by Crippen LogP contribution is -2.17. The molecule has 0 bridgehead atoms. The Hall–Kier alpha value is -1.19. The highest BCUT2D eigenvalue weighted by atomic mass is 19.4. The molecule has 0 aliphatic heterocycles. The van der Waals surface area contributed by atoms with Crippen LogP contribution in [0.15, 0.2) is 4.52 Å². The number of alkyl halides is 3. The van der Waals surface area contributed by atoms with Gasteiger partial charge in [0.2, 0.25) is 0 Å². The molecular formula is C7H10F3N3O3. The van der Waals surface area contributed by atoms with Gasteiger partial charge in [0.15, 0.2) is 5.82 Å². The molecule has 0 saturated heterocycles. The van der Waals surface area contributed by atoms with Gasteiger partial charge in [-0.05, 0) is 0 Å². The first-order valence-corrected chi connectivity index (χ1v) is 4.27. The van der Waals surface area contributed by atoms with Crippen molar-refractivity contribution < 1.29 is 27.5 Å². The van der Waals surface area contributed by atoms with E-state index >= 15 is 0 Å². The molecule has 1 rings (SSSR count). The molecular weight excluding hydrogens is 231 g/mol. The molecule has 1 aromatic rings. The highest BCUT2D eigenvalue weighted by Gasteiger charge is 2.27. The lowest BCUT2D eigenvalue weighted by Gasteiger charge is -2.04. The number of nitrogens with two attached hydrogens (primary N) is 1. The van der Waals surface area contributed by atoms with Crippen molar-refractivity contribution >= 4 is 0 Å². The van der Waals surface area contributed by atoms with Gasteiger partial charge in [0.25, 0.3) is 5.89 Å². The van der Waals surface area contributed by atoms with Crippen LogP contribution in [-0.2, 0) is 11.3 Å². The number of ether oxygens (including phenoxy) is 1. The summed E-state index contributed by atoms with van der Waals surface area (Å²) >= 11 is 0. The minimum absolute atomic E-state index is 0.0771. The van der Waals surface area contributed by atoms with Crippen molar-refractivity contribution in [2.24, 2.45) is 5.73 Å². The third-order valence-corrected chi connectivity index (χ3v) is 1.49. The van der Waals surface area contributed by atoms with E-state index in [2.05, 4.69) is 19.4 Å².